The molecular weight excluding hydrogens is 358 g/mol. The molecule has 5 aromatic rings. The Labute approximate surface area is 158 Å². The average molecular weight is 371 g/mol. The average Bonchev–Trinajstić information content (AvgIpc) is 3.35. The van der Waals surface area contributed by atoms with E-state index in [4.69, 9.17) is 4.42 Å². The van der Waals surface area contributed by atoms with Crippen LogP contribution in [0.3, 0.4) is 0 Å². The molecule has 0 spiro atoms. The van der Waals surface area contributed by atoms with Gasteiger partial charge in [-0.15, -0.1) is 11.3 Å². The smallest absolute Gasteiger partial charge is 0.266 e. The number of hydrogen-bond donors (Lipinski definition) is 1. The Morgan fingerprint density at radius 3 is 2.81 bits per heavy atom. The van der Waals surface area contributed by atoms with E-state index in [0.29, 0.717) is 27.6 Å². The van der Waals surface area contributed by atoms with Gasteiger partial charge in [-0.05, 0) is 35.7 Å². The van der Waals surface area contributed by atoms with Gasteiger partial charge in [0, 0.05) is 11.6 Å². The second-order valence-electron chi connectivity index (χ2n) is 5.98. The molecule has 0 bridgehead atoms. The van der Waals surface area contributed by atoms with Gasteiger partial charge >= 0.3 is 0 Å². The molecule has 27 heavy (non-hydrogen) atoms. The van der Waals surface area contributed by atoms with Crippen LogP contribution in [-0.2, 0) is 0 Å². The number of carbonyl (C=O) groups excluding carboxylic acids is 1. The van der Waals surface area contributed by atoms with Gasteiger partial charge in [-0.1, -0.05) is 30.3 Å². The lowest BCUT2D eigenvalue weighted by Gasteiger charge is -2.07. The van der Waals surface area contributed by atoms with Gasteiger partial charge in [-0.25, -0.2) is 4.98 Å². The normalized spacial score (nSPS) is 11.1. The second kappa shape index (κ2) is 6.34. The fourth-order valence-electron chi connectivity index (χ4n) is 3.03. The Morgan fingerprint density at radius 2 is 1.89 bits per heavy atom. The summed E-state index contributed by atoms with van der Waals surface area (Å²) in [7, 11) is 0. The number of anilines is 1. The van der Waals surface area contributed by atoms with Crippen molar-refractivity contribution in [3.05, 3.63) is 77.1 Å². The molecule has 3 heterocycles. The minimum atomic E-state index is -0.208. The third-order valence-corrected chi connectivity index (χ3v) is 5.19. The van der Waals surface area contributed by atoms with E-state index in [1.54, 1.807) is 6.20 Å². The molecule has 0 unspecified atom stereocenters. The summed E-state index contributed by atoms with van der Waals surface area (Å²) in [6, 6.07) is 18.9. The highest BCUT2D eigenvalue weighted by Crippen LogP contribution is 2.31. The molecule has 0 saturated carbocycles. The summed E-state index contributed by atoms with van der Waals surface area (Å²) >= 11 is 1.35. The summed E-state index contributed by atoms with van der Waals surface area (Å²) in [5.41, 5.74) is 3.58. The van der Waals surface area contributed by atoms with Gasteiger partial charge in [0.15, 0.2) is 5.58 Å². The molecule has 1 N–H and O–H groups in total. The van der Waals surface area contributed by atoms with Crippen molar-refractivity contribution in [2.45, 2.75) is 0 Å². The highest BCUT2D eigenvalue weighted by atomic mass is 32.1. The number of rotatable bonds is 3. The van der Waals surface area contributed by atoms with Gasteiger partial charge in [-0.2, -0.15) is 0 Å². The van der Waals surface area contributed by atoms with E-state index in [-0.39, 0.29) is 5.91 Å². The molecular formula is C21H13N3O2S. The maximum Gasteiger partial charge on any atom is 0.266 e. The first-order valence-electron chi connectivity index (χ1n) is 8.38. The summed E-state index contributed by atoms with van der Waals surface area (Å²) in [6.45, 7) is 0. The van der Waals surface area contributed by atoms with E-state index >= 15 is 0 Å². The number of amides is 1. The maximum atomic E-state index is 12.9. The largest absolute Gasteiger partial charge is 0.436 e. The summed E-state index contributed by atoms with van der Waals surface area (Å²) < 4.78 is 5.83. The zero-order chi connectivity index (χ0) is 18.2. The fraction of sp³-hybridized carbons (Fsp3) is 0. The van der Waals surface area contributed by atoms with Crippen LogP contribution in [0.4, 0.5) is 5.69 Å². The molecule has 0 aliphatic heterocycles. The van der Waals surface area contributed by atoms with E-state index in [1.165, 1.54) is 11.3 Å². The monoisotopic (exact) mass is 371 g/mol. The Hall–Kier alpha value is -3.51. The van der Waals surface area contributed by atoms with Gasteiger partial charge in [0.2, 0.25) is 5.89 Å². The van der Waals surface area contributed by atoms with Gasteiger partial charge < -0.3 is 9.73 Å². The first kappa shape index (κ1) is 15.7. The number of para-hydroxylation sites is 3. The van der Waals surface area contributed by atoms with Gasteiger partial charge in [-0.3, -0.25) is 9.78 Å². The predicted octanol–water partition coefficient (Wildman–Crippen LogP) is 5.36. The van der Waals surface area contributed by atoms with Crippen LogP contribution in [0, 0.1) is 0 Å². The summed E-state index contributed by atoms with van der Waals surface area (Å²) in [4.78, 5) is 22.4. The van der Waals surface area contributed by atoms with Crippen molar-refractivity contribution in [2.24, 2.45) is 0 Å². The third kappa shape index (κ3) is 2.76. The van der Waals surface area contributed by atoms with E-state index in [0.717, 1.165) is 16.4 Å². The standard InChI is InChI=1S/C21H13N3O2S/c25-20(23-16-8-3-5-13-6-4-11-22-18(13)16)19-14(10-12-27-19)21-24-15-7-1-2-9-17(15)26-21/h1-12H,(H,23,25). The zero-order valence-corrected chi connectivity index (χ0v) is 14.9. The minimum Gasteiger partial charge on any atom is -0.436 e. The van der Waals surface area contributed by atoms with E-state index in [1.807, 2.05) is 66.0 Å². The number of pyridine rings is 1. The predicted molar refractivity (Wildman–Crippen MR) is 107 cm³/mol. The molecule has 5 rings (SSSR count). The van der Waals surface area contributed by atoms with E-state index < -0.39 is 0 Å². The quantitative estimate of drug-likeness (QED) is 0.464. The molecule has 1 amide bonds. The number of thiophene rings is 1. The van der Waals surface area contributed by atoms with E-state index in [9.17, 15) is 4.79 Å². The van der Waals surface area contributed by atoms with Crippen LogP contribution in [0.2, 0.25) is 0 Å². The lowest BCUT2D eigenvalue weighted by molar-refractivity contribution is 0.103. The first-order valence-corrected chi connectivity index (χ1v) is 9.26. The second-order valence-corrected chi connectivity index (χ2v) is 6.90. The van der Waals surface area contributed by atoms with Gasteiger partial charge in [0.1, 0.15) is 10.4 Å². The molecule has 0 saturated heterocycles. The van der Waals surface area contributed by atoms with Crippen molar-refractivity contribution in [1.29, 1.82) is 0 Å². The zero-order valence-electron chi connectivity index (χ0n) is 14.0. The SMILES string of the molecule is O=C(Nc1cccc2cccnc12)c1sccc1-c1nc2ccccc2o1. The summed E-state index contributed by atoms with van der Waals surface area (Å²) in [5, 5.41) is 5.81. The Balaban J connectivity index is 1.52. The third-order valence-electron chi connectivity index (χ3n) is 4.28. The molecule has 0 aliphatic rings. The number of hydrogen-bond acceptors (Lipinski definition) is 5. The topological polar surface area (TPSA) is 68.0 Å². The molecule has 2 aromatic carbocycles. The molecule has 0 aliphatic carbocycles. The number of oxazole rings is 1. The Morgan fingerprint density at radius 1 is 1.00 bits per heavy atom. The van der Waals surface area contributed by atoms with Crippen LogP contribution < -0.4 is 5.32 Å². The van der Waals surface area contributed by atoms with Crippen LogP contribution in [0.25, 0.3) is 33.5 Å². The number of nitrogens with one attached hydrogen (secondary N) is 1. The van der Waals surface area contributed by atoms with Crippen LogP contribution >= 0.6 is 11.3 Å². The van der Waals surface area contributed by atoms with Crippen molar-refractivity contribution in [2.75, 3.05) is 5.32 Å². The van der Waals surface area contributed by atoms with E-state index in [2.05, 4.69) is 15.3 Å². The molecule has 6 heteroatoms. The lowest BCUT2D eigenvalue weighted by atomic mass is 10.2. The van der Waals surface area contributed by atoms with Crippen LogP contribution in [0.1, 0.15) is 9.67 Å². The van der Waals surface area contributed by atoms with Crippen molar-refractivity contribution in [3.63, 3.8) is 0 Å². The van der Waals surface area contributed by atoms with Crippen molar-refractivity contribution in [3.8, 4) is 11.5 Å². The Kier molecular flexibility index (Phi) is 3.69. The van der Waals surface area contributed by atoms with Crippen LogP contribution in [0.15, 0.2) is 76.7 Å². The van der Waals surface area contributed by atoms with Crippen LogP contribution in [0.5, 0.6) is 0 Å². The number of fused-ring (bicyclic) bond motifs is 2. The highest BCUT2D eigenvalue weighted by molar-refractivity contribution is 7.12. The summed E-state index contributed by atoms with van der Waals surface area (Å²) in [5.74, 6) is 0.235. The maximum absolute atomic E-state index is 12.9. The highest BCUT2D eigenvalue weighted by Gasteiger charge is 2.19. The molecule has 3 aromatic heterocycles. The number of benzene rings is 2. The van der Waals surface area contributed by atoms with Crippen molar-refractivity contribution >= 4 is 44.9 Å². The number of aromatic nitrogens is 2. The van der Waals surface area contributed by atoms with Crippen molar-refractivity contribution < 1.29 is 9.21 Å². The fourth-order valence-corrected chi connectivity index (χ4v) is 3.81. The number of nitrogens with zero attached hydrogens (tertiary/aromatic N) is 2. The Bertz CT molecular complexity index is 1250. The van der Waals surface area contributed by atoms with Crippen LogP contribution in [-0.4, -0.2) is 15.9 Å². The lowest BCUT2D eigenvalue weighted by Crippen LogP contribution is -2.11. The molecule has 0 atom stereocenters. The van der Waals surface area contributed by atoms with Gasteiger partial charge in [0.25, 0.3) is 5.91 Å². The summed E-state index contributed by atoms with van der Waals surface area (Å²) in [6.07, 6.45) is 1.72. The molecule has 130 valence electrons. The van der Waals surface area contributed by atoms with Crippen molar-refractivity contribution in [1.82, 2.24) is 9.97 Å². The first-order chi connectivity index (χ1) is 13.3. The molecule has 0 fully saturated rings. The minimum absolute atomic E-state index is 0.208. The molecule has 5 nitrogen and oxygen atoms in total. The molecule has 0 radical (unpaired) electrons. The van der Waals surface area contributed by atoms with Gasteiger partial charge in [0.05, 0.1) is 16.8 Å². The number of carbonyl (C=O) groups is 1.